The zero-order chi connectivity index (χ0) is 6.69. The third kappa shape index (κ3) is 6.53. The fourth-order valence-electron chi connectivity index (χ4n) is 1.18. The Morgan fingerprint density at radius 1 is 1.45 bits per heavy atom. The molecule has 0 spiro atoms. The van der Waals surface area contributed by atoms with Crippen LogP contribution in [0.25, 0.3) is 0 Å². The van der Waals surface area contributed by atoms with Gasteiger partial charge in [0.05, 0.1) is 6.10 Å². The molecule has 1 saturated heterocycles. The standard InChI is InChI=1S/C8H15O.BrH.Hg/c1-7(2)6-8-4-3-5-9-8;;/h6-8H,3-5H2,1-2H3;1H;/q;;+1/p-1/t8-;;/m0../s1. The predicted octanol–water partition coefficient (Wildman–Crippen LogP) is -0.973. The molecule has 0 aromatic rings. The maximum absolute atomic E-state index is 5.41. The van der Waals surface area contributed by atoms with Gasteiger partial charge >= 0.3 is 27.7 Å². The molecule has 1 fully saturated rings. The minimum absolute atomic E-state index is 0. The first-order chi connectivity index (χ1) is 4.29. The maximum atomic E-state index is 5.41. The van der Waals surface area contributed by atoms with Crippen LogP contribution >= 0.6 is 0 Å². The van der Waals surface area contributed by atoms with E-state index in [1.165, 1.54) is 12.8 Å². The van der Waals surface area contributed by atoms with Crippen LogP contribution in [0, 0.1) is 12.3 Å². The molecule has 11 heavy (non-hydrogen) atoms. The van der Waals surface area contributed by atoms with Crippen molar-refractivity contribution in [2.75, 3.05) is 6.61 Å². The average molecular weight is 408 g/mol. The van der Waals surface area contributed by atoms with Crippen molar-refractivity contribution in [3.05, 3.63) is 6.42 Å². The van der Waals surface area contributed by atoms with E-state index in [1.807, 2.05) is 0 Å². The Hall–Kier alpha value is 1.38. The summed E-state index contributed by atoms with van der Waals surface area (Å²) in [7, 11) is 0. The molecule has 0 saturated carbocycles. The Kier molecular flexibility index (Phi) is 10.8. The molecule has 1 aliphatic rings. The summed E-state index contributed by atoms with van der Waals surface area (Å²) in [4.78, 5) is 0. The van der Waals surface area contributed by atoms with Gasteiger partial charge in [-0.2, -0.15) is 0 Å². The van der Waals surface area contributed by atoms with E-state index in [-0.39, 0.29) is 44.7 Å². The van der Waals surface area contributed by atoms with Gasteiger partial charge in [-0.1, -0.05) is 13.8 Å². The molecule has 2 radical (unpaired) electrons. The molecule has 0 unspecified atom stereocenters. The Balaban J connectivity index is 0. The van der Waals surface area contributed by atoms with E-state index in [9.17, 15) is 0 Å². The summed E-state index contributed by atoms with van der Waals surface area (Å²) < 4.78 is 5.41. The predicted molar refractivity (Wildman–Crippen MR) is 38.1 cm³/mol. The van der Waals surface area contributed by atoms with Crippen molar-refractivity contribution in [1.29, 1.82) is 0 Å². The second-order valence-corrected chi connectivity index (χ2v) is 2.99. The van der Waals surface area contributed by atoms with Gasteiger partial charge in [0, 0.05) is 6.61 Å². The second kappa shape index (κ2) is 8.00. The largest absolute Gasteiger partial charge is 1.00 e. The topological polar surface area (TPSA) is 9.23 Å². The van der Waals surface area contributed by atoms with Gasteiger partial charge in [0.15, 0.2) is 0 Å². The van der Waals surface area contributed by atoms with Crippen LogP contribution in [0.15, 0.2) is 0 Å². The third-order valence-electron chi connectivity index (χ3n) is 1.56. The van der Waals surface area contributed by atoms with Crippen LogP contribution in [-0.2, 0) is 32.4 Å². The van der Waals surface area contributed by atoms with Gasteiger partial charge in [-0.15, -0.1) is 0 Å². The number of hydrogen-bond acceptors (Lipinski definition) is 1. The van der Waals surface area contributed by atoms with Crippen molar-refractivity contribution < 1.29 is 49.4 Å². The van der Waals surface area contributed by atoms with Crippen molar-refractivity contribution >= 4 is 0 Å². The van der Waals surface area contributed by atoms with Gasteiger partial charge in [0.25, 0.3) is 0 Å². The van der Waals surface area contributed by atoms with Crippen LogP contribution in [0.2, 0.25) is 0 Å². The van der Waals surface area contributed by atoms with Gasteiger partial charge < -0.3 is 21.7 Å². The first kappa shape index (κ1) is 14.9. The van der Waals surface area contributed by atoms with Gasteiger partial charge in [-0.25, -0.2) is 0 Å². The Morgan fingerprint density at radius 3 is 2.45 bits per heavy atom. The van der Waals surface area contributed by atoms with E-state index < -0.39 is 0 Å². The molecule has 1 nitrogen and oxygen atoms in total. The summed E-state index contributed by atoms with van der Waals surface area (Å²) in [6.45, 7) is 5.36. The fourth-order valence-corrected chi connectivity index (χ4v) is 1.18. The van der Waals surface area contributed by atoms with E-state index in [2.05, 4.69) is 20.3 Å². The molecule has 1 rings (SSSR count). The average Bonchev–Trinajstić information content (AvgIpc) is 2.15. The van der Waals surface area contributed by atoms with Crippen LogP contribution in [0.1, 0.15) is 26.7 Å². The fraction of sp³-hybridized carbons (Fsp3) is 0.875. The zero-order valence-corrected chi connectivity index (χ0v) is 14.4. The van der Waals surface area contributed by atoms with E-state index >= 15 is 0 Å². The molecule has 3 heteroatoms. The molecular weight excluding hydrogens is 393 g/mol. The first-order valence-electron chi connectivity index (χ1n) is 3.75. The molecule has 1 aliphatic heterocycles. The summed E-state index contributed by atoms with van der Waals surface area (Å²) in [6, 6.07) is 0. The summed E-state index contributed by atoms with van der Waals surface area (Å²) in [5, 5.41) is 0. The van der Waals surface area contributed by atoms with Crippen molar-refractivity contribution in [3.63, 3.8) is 0 Å². The Labute approximate surface area is 101 Å². The van der Waals surface area contributed by atoms with Crippen LogP contribution in [0.4, 0.5) is 0 Å². The summed E-state index contributed by atoms with van der Waals surface area (Å²) in [5.74, 6) is 0.674. The molecule has 0 aromatic carbocycles. The van der Waals surface area contributed by atoms with Crippen molar-refractivity contribution in [1.82, 2.24) is 0 Å². The molecule has 0 aromatic heterocycles. The summed E-state index contributed by atoms with van der Waals surface area (Å²) >= 11 is 0. The molecule has 0 amide bonds. The van der Waals surface area contributed by atoms with E-state index in [0.29, 0.717) is 12.0 Å². The van der Waals surface area contributed by atoms with Crippen LogP contribution in [0.5, 0.6) is 0 Å². The van der Waals surface area contributed by atoms with E-state index in [4.69, 9.17) is 4.74 Å². The number of halogens is 1. The zero-order valence-electron chi connectivity index (χ0n) is 7.35. The van der Waals surface area contributed by atoms with Crippen LogP contribution < -0.4 is 17.0 Å². The number of rotatable bonds is 2. The van der Waals surface area contributed by atoms with Crippen molar-refractivity contribution in [2.24, 2.45) is 5.92 Å². The van der Waals surface area contributed by atoms with Gasteiger partial charge in [-0.05, 0) is 25.2 Å². The SMILES string of the molecule is CC(C)[CH][C@@H]1CCCO1.[Br-].[Hg+]. The maximum Gasteiger partial charge on any atom is 1.00 e. The minimum Gasteiger partial charge on any atom is -1.00 e. The normalized spacial score (nSPS) is 22.6. The summed E-state index contributed by atoms with van der Waals surface area (Å²) in [5.41, 5.74) is 0. The quantitative estimate of drug-likeness (QED) is 0.535. The van der Waals surface area contributed by atoms with Crippen LogP contribution in [0.3, 0.4) is 0 Å². The second-order valence-electron chi connectivity index (χ2n) is 2.99. The molecule has 1 atom stereocenters. The molecule has 0 N–H and O–H groups in total. The molecule has 1 heterocycles. The Bertz CT molecular complexity index is 82.2. The minimum atomic E-state index is 0. The molecule has 0 aliphatic carbocycles. The molecular formula is C8H15BrHgO. The van der Waals surface area contributed by atoms with Gasteiger partial charge in [-0.3, -0.25) is 0 Å². The monoisotopic (exact) mass is 408 g/mol. The number of ether oxygens (including phenoxy) is 1. The van der Waals surface area contributed by atoms with Crippen LogP contribution in [-0.4, -0.2) is 12.7 Å². The van der Waals surface area contributed by atoms with E-state index in [0.717, 1.165) is 6.61 Å². The van der Waals surface area contributed by atoms with Crippen molar-refractivity contribution in [2.45, 2.75) is 32.8 Å². The van der Waals surface area contributed by atoms with Gasteiger partial charge in [0.1, 0.15) is 0 Å². The van der Waals surface area contributed by atoms with Crippen molar-refractivity contribution in [3.8, 4) is 0 Å². The third-order valence-corrected chi connectivity index (χ3v) is 1.56. The molecule has 0 bridgehead atoms. The molecule has 62 valence electrons. The first-order valence-corrected chi connectivity index (χ1v) is 3.75. The van der Waals surface area contributed by atoms with Gasteiger partial charge in [0.2, 0.25) is 0 Å². The smallest absolute Gasteiger partial charge is 1.00 e. The summed E-state index contributed by atoms with van der Waals surface area (Å²) in [6.07, 6.45) is 5.23. The Morgan fingerprint density at radius 2 is 2.09 bits per heavy atom. The van der Waals surface area contributed by atoms with E-state index in [1.54, 1.807) is 0 Å². The number of hydrogen-bond donors (Lipinski definition) is 0.